The van der Waals surface area contributed by atoms with Crippen molar-refractivity contribution in [3.05, 3.63) is 11.1 Å². The summed E-state index contributed by atoms with van der Waals surface area (Å²) in [5.41, 5.74) is 1.79. The van der Waals surface area contributed by atoms with Crippen LogP contribution in [-0.2, 0) is 4.79 Å². The molecule has 0 aromatic heterocycles. The Labute approximate surface area is 79.6 Å². The molecule has 0 aliphatic heterocycles. The second kappa shape index (κ2) is 4.56. The van der Waals surface area contributed by atoms with E-state index in [4.69, 9.17) is 0 Å². The van der Waals surface area contributed by atoms with Crippen LogP contribution in [0, 0.1) is 0 Å². The minimum absolute atomic E-state index is 0.154. The van der Waals surface area contributed by atoms with Crippen LogP contribution in [0.5, 0.6) is 0 Å². The van der Waals surface area contributed by atoms with E-state index in [-0.39, 0.29) is 5.78 Å². The lowest BCUT2D eigenvalue weighted by Crippen LogP contribution is -2.03. The first-order chi connectivity index (χ1) is 6.16. The summed E-state index contributed by atoms with van der Waals surface area (Å²) in [5, 5.41) is 9.42. The fraction of sp³-hybridized carbons (Fsp3) is 0.727. The highest BCUT2D eigenvalue weighted by Gasteiger charge is 2.26. The van der Waals surface area contributed by atoms with Crippen molar-refractivity contribution in [2.45, 2.75) is 52.1 Å². The summed E-state index contributed by atoms with van der Waals surface area (Å²) in [6.07, 6.45) is 4.08. The van der Waals surface area contributed by atoms with Gasteiger partial charge < -0.3 is 5.11 Å². The lowest BCUT2D eigenvalue weighted by Gasteiger charge is -2.02. The standard InChI is InChI=1S/C11H18O2/c1-3-4-5-6-9-8(2)10(12)7-11(9)13/h10,12H,3-7H2,1-2H3. The van der Waals surface area contributed by atoms with Crippen LogP contribution in [0.4, 0.5) is 0 Å². The fourth-order valence-corrected chi connectivity index (χ4v) is 1.76. The van der Waals surface area contributed by atoms with Crippen LogP contribution in [0.3, 0.4) is 0 Å². The number of Topliss-reactive ketones (excluding diaryl/α,β-unsaturated/α-hetero) is 1. The molecule has 2 nitrogen and oxygen atoms in total. The van der Waals surface area contributed by atoms with Gasteiger partial charge in [0.1, 0.15) is 0 Å². The van der Waals surface area contributed by atoms with Crippen LogP contribution in [0.25, 0.3) is 0 Å². The van der Waals surface area contributed by atoms with Crippen LogP contribution in [0.2, 0.25) is 0 Å². The number of carbonyl (C=O) groups is 1. The molecular weight excluding hydrogens is 164 g/mol. The largest absolute Gasteiger partial charge is 0.388 e. The first-order valence-corrected chi connectivity index (χ1v) is 5.07. The van der Waals surface area contributed by atoms with Crippen LogP contribution < -0.4 is 0 Å². The average molecular weight is 182 g/mol. The molecule has 0 radical (unpaired) electrons. The third-order valence-electron chi connectivity index (χ3n) is 2.72. The van der Waals surface area contributed by atoms with Gasteiger partial charge in [-0.15, -0.1) is 0 Å². The van der Waals surface area contributed by atoms with Gasteiger partial charge in [0.05, 0.1) is 6.10 Å². The molecule has 0 spiro atoms. The number of carbonyl (C=O) groups excluding carboxylic acids is 1. The van der Waals surface area contributed by atoms with Gasteiger partial charge >= 0.3 is 0 Å². The van der Waals surface area contributed by atoms with E-state index in [1.807, 2.05) is 6.92 Å². The summed E-state index contributed by atoms with van der Waals surface area (Å²) in [4.78, 5) is 11.4. The molecule has 1 N–H and O–H groups in total. The zero-order chi connectivity index (χ0) is 9.84. The normalized spacial score (nSPS) is 23.0. The van der Waals surface area contributed by atoms with Crippen molar-refractivity contribution < 1.29 is 9.90 Å². The highest BCUT2D eigenvalue weighted by Crippen LogP contribution is 2.26. The zero-order valence-electron chi connectivity index (χ0n) is 8.47. The molecule has 0 saturated carbocycles. The lowest BCUT2D eigenvalue weighted by molar-refractivity contribution is -0.116. The Kier molecular flexibility index (Phi) is 3.67. The number of aliphatic hydroxyl groups is 1. The summed E-state index contributed by atoms with van der Waals surface area (Å²) in [5.74, 6) is 0.154. The van der Waals surface area contributed by atoms with E-state index in [1.165, 1.54) is 12.8 Å². The smallest absolute Gasteiger partial charge is 0.161 e. The molecule has 13 heavy (non-hydrogen) atoms. The highest BCUT2D eigenvalue weighted by molar-refractivity contribution is 5.99. The molecule has 1 atom stereocenters. The molecule has 0 saturated heterocycles. The minimum Gasteiger partial charge on any atom is -0.388 e. The SMILES string of the molecule is CCCCCC1=C(C)C(O)CC1=O. The molecule has 1 aliphatic rings. The van der Waals surface area contributed by atoms with Crippen molar-refractivity contribution in [1.82, 2.24) is 0 Å². The summed E-state index contributed by atoms with van der Waals surface area (Å²) in [7, 11) is 0. The monoisotopic (exact) mass is 182 g/mol. The number of rotatable bonds is 4. The van der Waals surface area contributed by atoms with Crippen LogP contribution >= 0.6 is 0 Å². The van der Waals surface area contributed by atoms with Gasteiger partial charge in [0.2, 0.25) is 0 Å². The fourth-order valence-electron chi connectivity index (χ4n) is 1.76. The highest BCUT2D eigenvalue weighted by atomic mass is 16.3. The zero-order valence-corrected chi connectivity index (χ0v) is 8.47. The maximum absolute atomic E-state index is 11.4. The average Bonchev–Trinajstić information content (AvgIpc) is 2.32. The Hall–Kier alpha value is -0.630. The summed E-state index contributed by atoms with van der Waals surface area (Å²) in [6, 6.07) is 0. The van der Waals surface area contributed by atoms with Crippen LogP contribution in [0.15, 0.2) is 11.1 Å². The summed E-state index contributed by atoms with van der Waals surface area (Å²) < 4.78 is 0. The molecule has 74 valence electrons. The second-order valence-corrected chi connectivity index (χ2v) is 3.76. The summed E-state index contributed by atoms with van der Waals surface area (Å²) in [6.45, 7) is 4.02. The molecule has 0 heterocycles. The van der Waals surface area contributed by atoms with E-state index in [9.17, 15) is 9.90 Å². The number of hydrogen-bond donors (Lipinski definition) is 1. The molecular formula is C11H18O2. The molecule has 0 fully saturated rings. The number of ketones is 1. The minimum atomic E-state index is -0.496. The third kappa shape index (κ3) is 2.41. The molecule has 0 aromatic carbocycles. The van der Waals surface area contributed by atoms with Gasteiger partial charge in [-0.05, 0) is 30.9 Å². The topological polar surface area (TPSA) is 37.3 Å². The number of aliphatic hydroxyl groups excluding tert-OH is 1. The third-order valence-corrected chi connectivity index (χ3v) is 2.72. The van der Waals surface area contributed by atoms with Crippen molar-refractivity contribution in [2.75, 3.05) is 0 Å². The molecule has 1 rings (SSSR count). The van der Waals surface area contributed by atoms with Crippen molar-refractivity contribution in [3.63, 3.8) is 0 Å². The Morgan fingerprint density at radius 2 is 2.15 bits per heavy atom. The van der Waals surface area contributed by atoms with E-state index in [1.54, 1.807) is 0 Å². The summed E-state index contributed by atoms with van der Waals surface area (Å²) >= 11 is 0. The van der Waals surface area contributed by atoms with Gasteiger partial charge in [0, 0.05) is 6.42 Å². The van der Waals surface area contributed by atoms with Gasteiger partial charge in [-0.25, -0.2) is 0 Å². The lowest BCUT2D eigenvalue weighted by atomic mass is 10.0. The molecule has 0 amide bonds. The predicted octanol–water partition coefficient (Wildman–Crippen LogP) is 2.22. The number of unbranched alkanes of at least 4 members (excludes halogenated alkanes) is 2. The van der Waals surface area contributed by atoms with E-state index in [2.05, 4.69) is 6.92 Å². The first kappa shape index (κ1) is 10.5. The van der Waals surface area contributed by atoms with Crippen molar-refractivity contribution in [3.8, 4) is 0 Å². The molecule has 1 unspecified atom stereocenters. The van der Waals surface area contributed by atoms with Gasteiger partial charge in [0.15, 0.2) is 5.78 Å². The van der Waals surface area contributed by atoms with Crippen LogP contribution in [-0.4, -0.2) is 17.0 Å². The predicted molar refractivity (Wildman–Crippen MR) is 52.5 cm³/mol. The Bertz CT molecular complexity index is 228. The Morgan fingerprint density at radius 1 is 1.46 bits per heavy atom. The van der Waals surface area contributed by atoms with Crippen molar-refractivity contribution in [1.29, 1.82) is 0 Å². The van der Waals surface area contributed by atoms with Crippen molar-refractivity contribution >= 4 is 5.78 Å². The van der Waals surface area contributed by atoms with Gasteiger partial charge in [0.25, 0.3) is 0 Å². The molecule has 0 bridgehead atoms. The number of hydrogen-bond acceptors (Lipinski definition) is 2. The maximum Gasteiger partial charge on any atom is 0.161 e. The van der Waals surface area contributed by atoms with Gasteiger partial charge in [-0.1, -0.05) is 19.8 Å². The van der Waals surface area contributed by atoms with E-state index < -0.39 is 6.10 Å². The van der Waals surface area contributed by atoms with Gasteiger partial charge in [-0.3, -0.25) is 4.79 Å². The molecule has 0 aromatic rings. The Morgan fingerprint density at radius 3 is 2.62 bits per heavy atom. The van der Waals surface area contributed by atoms with Crippen LogP contribution in [0.1, 0.15) is 46.0 Å². The van der Waals surface area contributed by atoms with E-state index in [0.717, 1.165) is 24.0 Å². The first-order valence-electron chi connectivity index (χ1n) is 5.07. The molecule has 1 aliphatic carbocycles. The molecule has 2 heteroatoms. The van der Waals surface area contributed by atoms with E-state index in [0.29, 0.717) is 6.42 Å². The quantitative estimate of drug-likeness (QED) is 0.677. The van der Waals surface area contributed by atoms with Crippen molar-refractivity contribution in [2.24, 2.45) is 0 Å². The second-order valence-electron chi connectivity index (χ2n) is 3.76. The Balaban J connectivity index is 2.51. The van der Waals surface area contributed by atoms with E-state index >= 15 is 0 Å². The van der Waals surface area contributed by atoms with Gasteiger partial charge in [-0.2, -0.15) is 0 Å². The maximum atomic E-state index is 11.4. The number of allylic oxidation sites excluding steroid dienone is 1.